The van der Waals surface area contributed by atoms with E-state index in [4.69, 9.17) is 10.8 Å². The van der Waals surface area contributed by atoms with E-state index in [1.165, 1.54) is 0 Å². The lowest BCUT2D eigenvalue weighted by Crippen LogP contribution is -2.63. The van der Waals surface area contributed by atoms with Crippen molar-refractivity contribution in [2.75, 3.05) is 7.05 Å². The molecule has 1 aliphatic rings. The van der Waals surface area contributed by atoms with Gasteiger partial charge in [0, 0.05) is 11.6 Å². The Kier molecular flexibility index (Phi) is 2.16. The predicted octanol–water partition coefficient (Wildman–Crippen LogP) is 0.271. The average molecular weight is 186 g/mol. The van der Waals surface area contributed by atoms with Gasteiger partial charge in [-0.15, -0.1) is 0 Å². The van der Waals surface area contributed by atoms with Crippen LogP contribution in [-0.2, 0) is 4.79 Å². The molecule has 13 heavy (non-hydrogen) atoms. The van der Waals surface area contributed by atoms with E-state index in [1.807, 2.05) is 32.7 Å². The van der Waals surface area contributed by atoms with Gasteiger partial charge in [-0.2, -0.15) is 0 Å². The van der Waals surface area contributed by atoms with Gasteiger partial charge in [-0.1, -0.05) is 0 Å². The molecular formula is C9H18N2O2. The van der Waals surface area contributed by atoms with Crippen molar-refractivity contribution in [3.05, 3.63) is 0 Å². The van der Waals surface area contributed by atoms with Gasteiger partial charge in [0.15, 0.2) is 0 Å². The summed E-state index contributed by atoms with van der Waals surface area (Å²) in [5, 5.41) is 9.09. The number of carbonyl (C=O) groups is 1. The third kappa shape index (κ3) is 1.16. The van der Waals surface area contributed by atoms with E-state index in [9.17, 15) is 4.79 Å². The molecule has 3 N–H and O–H groups in total. The van der Waals surface area contributed by atoms with Crippen LogP contribution in [0.5, 0.6) is 0 Å². The maximum atomic E-state index is 11.1. The number of likely N-dealkylation sites (tertiary alicyclic amines) is 1. The molecule has 0 aliphatic carbocycles. The Bertz CT molecular complexity index is 240. The van der Waals surface area contributed by atoms with Crippen LogP contribution in [0.3, 0.4) is 0 Å². The third-order valence-electron chi connectivity index (χ3n) is 3.63. The molecular weight excluding hydrogens is 168 g/mol. The van der Waals surface area contributed by atoms with Gasteiger partial charge in [-0.3, -0.25) is 9.69 Å². The largest absolute Gasteiger partial charge is 0.480 e. The molecule has 2 atom stereocenters. The quantitative estimate of drug-likeness (QED) is 0.617. The molecule has 76 valence electrons. The van der Waals surface area contributed by atoms with Crippen LogP contribution >= 0.6 is 0 Å². The van der Waals surface area contributed by atoms with Gasteiger partial charge in [-0.05, 0) is 34.2 Å². The van der Waals surface area contributed by atoms with E-state index in [0.29, 0.717) is 6.42 Å². The number of nitrogens with zero attached hydrogens (tertiary/aromatic N) is 1. The minimum absolute atomic E-state index is 0.219. The van der Waals surface area contributed by atoms with Crippen LogP contribution in [0.1, 0.15) is 27.2 Å². The van der Waals surface area contributed by atoms with Gasteiger partial charge in [0.2, 0.25) is 0 Å². The highest BCUT2D eigenvalue weighted by Crippen LogP contribution is 2.39. The van der Waals surface area contributed by atoms with Crippen molar-refractivity contribution in [1.29, 1.82) is 0 Å². The summed E-state index contributed by atoms with van der Waals surface area (Å²) in [4.78, 5) is 13.1. The van der Waals surface area contributed by atoms with Crippen molar-refractivity contribution in [3.8, 4) is 0 Å². The summed E-state index contributed by atoms with van der Waals surface area (Å²) >= 11 is 0. The molecule has 1 fully saturated rings. The second kappa shape index (κ2) is 2.69. The van der Waals surface area contributed by atoms with E-state index in [-0.39, 0.29) is 6.04 Å². The molecule has 4 heteroatoms. The van der Waals surface area contributed by atoms with Crippen LogP contribution in [0.4, 0.5) is 0 Å². The normalized spacial score (nSPS) is 39.3. The maximum Gasteiger partial charge on any atom is 0.325 e. The lowest BCUT2D eigenvalue weighted by molar-refractivity contribution is -0.146. The van der Waals surface area contributed by atoms with Gasteiger partial charge in [0.05, 0.1) is 0 Å². The molecule has 0 bridgehead atoms. The highest BCUT2D eigenvalue weighted by Gasteiger charge is 2.57. The van der Waals surface area contributed by atoms with Crippen molar-refractivity contribution in [3.63, 3.8) is 0 Å². The average Bonchev–Trinajstić information content (AvgIpc) is 2.14. The van der Waals surface area contributed by atoms with Gasteiger partial charge in [0.1, 0.15) is 5.54 Å². The smallest absolute Gasteiger partial charge is 0.325 e. The number of carboxylic acid groups (broad SMARTS) is 1. The summed E-state index contributed by atoms with van der Waals surface area (Å²) in [5.74, 6) is -0.909. The standard InChI is InChI=1S/C9H18N2O2/c1-6-5-9(10,7(12)13)8(2,3)11(6)4/h6H,5,10H2,1-4H3,(H,12,13). The zero-order valence-corrected chi connectivity index (χ0v) is 8.66. The molecule has 0 radical (unpaired) electrons. The van der Waals surface area contributed by atoms with Crippen LogP contribution < -0.4 is 5.73 Å². The number of nitrogens with two attached hydrogens (primary N) is 1. The molecule has 4 nitrogen and oxygen atoms in total. The number of aliphatic carboxylic acids is 1. The fourth-order valence-electron chi connectivity index (χ4n) is 2.07. The number of rotatable bonds is 1. The van der Waals surface area contributed by atoms with Gasteiger partial charge in [-0.25, -0.2) is 0 Å². The van der Waals surface area contributed by atoms with Crippen molar-refractivity contribution >= 4 is 5.97 Å². The Morgan fingerprint density at radius 1 is 1.62 bits per heavy atom. The zero-order chi connectivity index (χ0) is 10.4. The number of hydrogen-bond donors (Lipinski definition) is 2. The maximum absolute atomic E-state index is 11.1. The summed E-state index contributed by atoms with van der Waals surface area (Å²) in [6.07, 6.45) is 0.506. The Morgan fingerprint density at radius 3 is 2.23 bits per heavy atom. The lowest BCUT2D eigenvalue weighted by atomic mass is 9.81. The van der Waals surface area contributed by atoms with E-state index >= 15 is 0 Å². The molecule has 2 unspecified atom stereocenters. The first-order valence-electron chi connectivity index (χ1n) is 4.48. The van der Waals surface area contributed by atoms with Crippen molar-refractivity contribution < 1.29 is 9.90 Å². The number of likely N-dealkylation sites (N-methyl/N-ethyl adjacent to an activating group) is 1. The van der Waals surface area contributed by atoms with Crippen molar-refractivity contribution in [1.82, 2.24) is 4.90 Å². The van der Waals surface area contributed by atoms with Crippen LogP contribution in [0.2, 0.25) is 0 Å². The molecule has 0 aromatic heterocycles. The van der Waals surface area contributed by atoms with Gasteiger partial charge < -0.3 is 10.8 Å². The SMILES string of the molecule is CC1CC(N)(C(=O)O)C(C)(C)N1C. The Labute approximate surface area is 78.7 Å². The van der Waals surface area contributed by atoms with E-state index in [0.717, 1.165) is 0 Å². The topological polar surface area (TPSA) is 66.6 Å². The minimum Gasteiger partial charge on any atom is -0.480 e. The number of carboxylic acids is 1. The molecule has 1 saturated heterocycles. The highest BCUT2D eigenvalue weighted by atomic mass is 16.4. The molecule has 1 rings (SSSR count). The van der Waals surface area contributed by atoms with E-state index in [1.54, 1.807) is 0 Å². The lowest BCUT2D eigenvalue weighted by Gasteiger charge is -2.38. The van der Waals surface area contributed by atoms with Crippen LogP contribution in [0.25, 0.3) is 0 Å². The molecule has 0 aromatic rings. The fourth-order valence-corrected chi connectivity index (χ4v) is 2.07. The summed E-state index contributed by atoms with van der Waals surface area (Å²) in [6, 6.07) is 0.219. The first-order valence-corrected chi connectivity index (χ1v) is 4.48. The monoisotopic (exact) mass is 186 g/mol. The molecule has 0 spiro atoms. The predicted molar refractivity (Wildman–Crippen MR) is 50.5 cm³/mol. The van der Waals surface area contributed by atoms with Crippen LogP contribution in [-0.4, -0.2) is 40.1 Å². The van der Waals surface area contributed by atoms with Gasteiger partial charge in [0.25, 0.3) is 0 Å². The number of hydrogen-bond acceptors (Lipinski definition) is 3. The van der Waals surface area contributed by atoms with Crippen LogP contribution in [0.15, 0.2) is 0 Å². The highest BCUT2D eigenvalue weighted by molar-refractivity contribution is 5.81. The summed E-state index contributed by atoms with van der Waals surface area (Å²) in [7, 11) is 1.92. The Balaban J connectivity index is 3.09. The minimum atomic E-state index is -1.12. The second-order valence-corrected chi connectivity index (χ2v) is 4.50. The molecule has 1 aliphatic heterocycles. The summed E-state index contributed by atoms with van der Waals surface area (Å²) < 4.78 is 0. The molecule has 1 heterocycles. The first kappa shape index (κ1) is 10.5. The Morgan fingerprint density at radius 2 is 2.08 bits per heavy atom. The molecule has 0 saturated carbocycles. The Hall–Kier alpha value is -0.610. The fraction of sp³-hybridized carbons (Fsp3) is 0.889. The van der Waals surface area contributed by atoms with E-state index in [2.05, 4.69) is 0 Å². The first-order chi connectivity index (χ1) is 5.73. The second-order valence-electron chi connectivity index (χ2n) is 4.50. The van der Waals surface area contributed by atoms with E-state index < -0.39 is 17.0 Å². The van der Waals surface area contributed by atoms with Crippen molar-refractivity contribution in [2.45, 2.75) is 44.3 Å². The zero-order valence-electron chi connectivity index (χ0n) is 8.66. The molecule has 0 amide bonds. The summed E-state index contributed by atoms with van der Waals surface area (Å²) in [6.45, 7) is 5.76. The third-order valence-corrected chi connectivity index (χ3v) is 3.63. The van der Waals surface area contributed by atoms with Gasteiger partial charge >= 0.3 is 5.97 Å². The van der Waals surface area contributed by atoms with Crippen molar-refractivity contribution in [2.24, 2.45) is 5.73 Å². The summed E-state index contributed by atoms with van der Waals surface area (Å²) in [5.41, 5.74) is 4.31. The van der Waals surface area contributed by atoms with Crippen LogP contribution in [0, 0.1) is 0 Å². The molecule has 0 aromatic carbocycles.